The summed E-state index contributed by atoms with van der Waals surface area (Å²) in [5.41, 5.74) is 2.52. The number of rotatable bonds is 4. The summed E-state index contributed by atoms with van der Waals surface area (Å²) in [5, 5.41) is 0.861. The molecule has 1 aromatic heterocycles. The molecule has 0 aliphatic rings. The third-order valence-electron chi connectivity index (χ3n) is 2.85. The van der Waals surface area contributed by atoms with Crippen LogP contribution in [0, 0.1) is 6.92 Å². The van der Waals surface area contributed by atoms with Crippen LogP contribution in [0.3, 0.4) is 0 Å². The van der Waals surface area contributed by atoms with Crippen molar-refractivity contribution < 1.29 is 9.53 Å². The molecule has 0 fully saturated rings. The van der Waals surface area contributed by atoms with Crippen LogP contribution in [0.25, 0.3) is 10.4 Å². The van der Waals surface area contributed by atoms with E-state index in [0.29, 0.717) is 12.3 Å². The first-order valence-corrected chi connectivity index (χ1v) is 7.27. The van der Waals surface area contributed by atoms with Crippen LogP contribution in [0.5, 0.6) is 0 Å². The molecule has 2 aromatic rings. The van der Waals surface area contributed by atoms with Crippen molar-refractivity contribution in [2.45, 2.75) is 13.8 Å². The Balaban J connectivity index is 2.39. The highest BCUT2D eigenvalue weighted by Gasteiger charge is 2.19. The van der Waals surface area contributed by atoms with Gasteiger partial charge in [-0.15, -0.1) is 11.3 Å². The molecule has 0 aliphatic heterocycles. The number of ether oxygens (including phenoxy) is 1. The number of benzene rings is 1. The van der Waals surface area contributed by atoms with Gasteiger partial charge in [-0.1, -0.05) is 12.1 Å². The molecule has 0 atom stereocenters. The van der Waals surface area contributed by atoms with Gasteiger partial charge in [-0.2, -0.15) is 0 Å². The Morgan fingerprint density at radius 1 is 1.30 bits per heavy atom. The molecule has 0 amide bonds. The third kappa shape index (κ3) is 2.99. The molecule has 0 unspecified atom stereocenters. The number of anilines is 1. The van der Waals surface area contributed by atoms with Gasteiger partial charge in [0.25, 0.3) is 0 Å². The molecule has 0 saturated carbocycles. The zero-order valence-corrected chi connectivity index (χ0v) is 13.0. The van der Waals surface area contributed by atoms with Gasteiger partial charge in [0, 0.05) is 19.8 Å². The second-order valence-corrected chi connectivity index (χ2v) is 5.78. The van der Waals surface area contributed by atoms with E-state index in [1.165, 1.54) is 11.3 Å². The molecule has 4 nitrogen and oxygen atoms in total. The lowest BCUT2D eigenvalue weighted by molar-refractivity contribution is 0.0521. The predicted molar refractivity (Wildman–Crippen MR) is 82.6 cm³/mol. The van der Waals surface area contributed by atoms with Crippen molar-refractivity contribution in [3.63, 3.8) is 0 Å². The zero-order valence-electron chi connectivity index (χ0n) is 12.1. The fourth-order valence-corrected chi connectivity index (χ4v) is 2.78. The summed E-state index contributed by atoms with van der Waals surface area (Å²) in [6, 6.07) is 8.06. The quantitative estimate of drug-likeness (QED) is 0.810. The monoisotopic (exact) mass is 290 g/mol. The maximum Gasteiger partial charge on any atom is 0.358 e. The summed E-state index contributed by atoms with van der Waals surface area (Å²) in [6.45, 7) is 4.04. The van der Waals surface area contributed by atoms with E-state index in [4.69, 9.17) is 4.74 Å². The zero-order chi connectivity index (χ0) is 14.7. The van der Waals surface area contributed by atoms with Gasteiger partial charge in [0.15, 0.2) is 5.69 Å². The lowest BCUT2D eigenvalue weighted by Crippen LogP contribution is -2.08. The minimum absolute atomic E-state index is 0.356. The van der Waals surface area contributed by atoms with Crippen LogP contribution in [-0.2, 0) is 4.74 Å². The summed E-state index contributed by atoms with van der Waals surface area (Å²) in [5.74, 6) is -0.358. The van der Waals surface area contributed by atoms with E-state index in [1.807, 2.05) is 50.2 Å². The van der Waals surface area contributed by atoms with Crippen LogP contribution in [0.15, 0.2) is 24.3 Å². The van der Waals surface area contributed by atoms with Gasteiger partial charge in [-0.3, -0.25) is 0 Å². The van der Waals surface area contributed by atoms with Gasteiger partial charge >= 0.3 is 5.97 Å². The maximum atomic E-state index is 11.9. The first kappa shape index (κ1) is 14.5. The summed E-state index contributed by atoms with van der Waals surface area (Å²) in [6.07, 6.45) is 0. The van der Waals surface area contributed by atoms with E-state index in [1.54, 1.807) is 6.92 Å². The fraction of sp³-hybridized carbons (Fsp3) is 0.333. The average Bonchev–Trinajstić information content (AvgIpc) is 2.81. The highest BCUT2D eigenvalue weighted by Crippen LogP contribution is 2.31. The van der Waals surface area contributed by atoms with Crippen LogP contribution in [0.1, 0.15) is 22.4 Å². The molecule has 1 aromatic carbocycles. The molecule has 1 heterocycles. The normalized spacial score (nSPS) is 10.4. The summed E-state index contributed by atoms with van der Waals surface area (Å²) >= 11 is 1.51. The van der Waals surface area contributed by atoms with E-state index in [9.17, 15) is 4.79 Å². The molecular weight excluding hydrogens is 272 g/mol. The van der Waals surface area contributed by atoms with Gasteiger partial charge in [-0.05, 0) is 31.5 Å². The second kappa shape index (κ2) is 6.05. The lowest BCUT2D eigenvalue weighted by atomic mass is 10.1. The van der Waals surface area contributed by atoms with Gasteiger partial charge in [0.1, 0.15) is 0 Å². The number of esters is 1. The van der Waals surface area contributed by atoms with Crippen LogP contribution in [-0.4, -0.2) is 31.7 Å². The van der Waals surface area contributed by atoms with Crippen molar-refractivity contribution in [1.29, 1.82) is 0 Å². The number of nitrogens with zero attached hydrogens (tertiary/aromatic N) is 2. The first-order chi connectivity index (χ1) is 9.52. The van der Waals surface area contributed by atoms with E-state index in [2.05, 4.69) is 4.98 Å². The van der Waals surface area contributed by atoms with Crippen molar-refractivity contribution in [1.82, 2.24) is 4.98 Å². The van der Waals surface area contributed by atoms with Crippen molar-refractivity contribution in [3.8, 4) is 10.4 Å². The Labute approximate surface area is 123 Å². The molecule has 20 heavy (non-hydrogen) atoms. The number of hydrogen-bond donors (Lipinski definition) is 0. The van der Waals surface area contributed by atoms with Crippen molar-refractivity contribution >= 4 is 23.0 Å². The number of carbonyl (C=O) groups excluding carboxylic acids is 1. The fourth-order valence-electron chi connectivity index (χ4n) is 1.87. The number of aromatic nitrogens is 1. The van der Waals surface area contributed by atoms with Gasteiger partial charge in [0.05, 0.1) is 16.5 Å². The Bertz CT molecular complexity index is 603. The molecule has 0 saturated heterocycles. The number of aryl methyl sites for hydroxylation is 1. The van der Waals surface area contributed by atoms with E-state index < -0.39 is 0 Å². The highest BCUT2D eigenvalue weighted by atomic mass is 32.1. The molecule has 0 aliphatic carbocycles. The third-order valence-corrected chi connectivity index (χ3v) is 3.87. The molecule has 0 radical (unpaired) electrons. The smallest absolute Gasteiger partial charge is 0.358 e. The Morgan fingerprint density at radius 2 is 1.95 bits per heavy atom. The minimum atomic E-state index is -0.358. The van der Waals surface area contributed by atoms with Crippen LogP contribution >= 0.6 is 11.3 Å². The predicted octanol–water partition coefficient (Wildman–Crippen LogP) is 3.36. The molecule has 106 valence electrons. The maximum absolute atomic E-state index is 11.9. The number of thiazole rings is 1. The second-order valence-electron chi connectivity index (χ2n) is 4.57. The average molecular weight is 290 g/mol. The van der Waals surface area contributed by atoms with Crippen LogP contribution < -0.4 is 4.90 Å². The molecule has 5 heteroatoms. The Hall–Kier alpha value is -1.88. The standard InChI is InChI=1S/C15H18N2O2S/c1-5-19-15(18)13-14(20-10(2)16-13)11-6-8-12(9-7-11)17(3)4/h6-9H,5H2,1-4H3. The van der Waals surface area contributed by atoms with E-state index in [-0.39, 0.29) is 5.97 Å². The van der Waals surface area contributed by atoms with E-state index >= 15 is 0 Å². The van der Waals surface area contributed by atoms with Gasteiger partial charge < -0.3 is 9.64 Å². The number of hydrogen-bond acceptors (Lipinski definition) is 5. The first-order valence-electron chi connectivity index (χ1n) is 6.45. The molecule has 2 rings (SSSR count). The van der Waals surface area contributed by atoms with Crippen LogP contribution in [0.4, 0.5) is 5.69 Å². The number of carbonyl (C=O) groups is 1. The van der Waals surface area contributed by atoms with E-state index in [0.717, 1.165) is 21.1 Å². The van der Waals surface area contributed by atoms with Crippen molar-refractivity contribution in [2.24, 2.45) is 0 Å². The topological polar surface area (TPSA) is 42.4 Å². The molecule has 0 N–H and O–H groups in total. The Morgan fingerprint density at radius 3 is 2.50 bits per heavy atom. The van der Waals surface area contributed by atoms with Crippen molar-refractivity contribution in [3.05, 3.63) is 35.0 Å². The summed E-state index contributed by atoms with van der Waals surface area (Å²) in [4.78, 5) is 19.1. The van der Waals surface area contributed by atoms with Crippen LogP contribution in [0.2, 0.25) is 0 Å². The lowest BCUT2D eigenvalue weighted by Gasteiger charge is -2.12. The molecule has 0 spiro atoms. The Kier molecular flexibility index (Phi) is 4.39. The van der Waals surface area contributed by atoms with Gasteiger partial charge in [-0.25, -0.2) is 9.78 Å². The highest BCUT2D eigenvalue weighted by molar-refractivity contribution is 7.15. The SMILES string of the molecule is CCOC(=O)c1nc(C)sc1-c1ccc(N(C)C)cc1. The minimum Gasteiger partial charge on any atom is -0.461 e. The molecule has 0 bridgehead atoms. The van der Waals surface area contributed by atoms with Crippen molar-refractivity contribution in [2.75, 3.05) is 25.6 Å². The molecular formula is C15H18N2O2S. The largest absolute Gasteiger partial charge is 0.461 e. The summed E-state index contributed by atoms with van der Waals surface area (Å²) < 4.78 is 5.06. The van der Waals surface area contributed by atoms with Gasteiger partial charge in [0.2, 0.25) is 0 Å². The summed E-state index contributed by atoms with van der Waals surface area (Å²) in [7, 11) is 3.99.